The summed E-state index contributed by atoms with van der Waals surface area (Å²) in [6, 6.07) is 0.480. The van der Waals surface area contributed by atoms with Crippen LogP contribution in [0.4, 0.5) is 0 Å². The average molecular weight is 224 g/mol. The molecule has 16 heavy (non-hydrogen) atoms. The van der Waals surface area contributed by atoms with Gasteiger partial charge in [-0.1, -0.05) is 19.8 Å². The molecule has 2 fully saturated rings. The molecule has 0 aromatic rings. The van der Waals surface area contributed by atoms with Gasteiger partial charge in [-0.05, 0) is 25.2 Å². The van der Waals surface area contributed by atoms with Gasteiger partial charge in [-0.15, -0.1) is 0 Å². The van der Waals surface area contributed by atoms with Gasteiger partial charge in [-0.25, -0.2) is 0 Å². The number of rotatable bonds is 5. The predicted octanol–water partition coefficient (Wildman–Crippen LogP) is 1.78. The molecule has 3 heteroatoms. The molecule has 1 amide bonds. The van der Waals surface area contributed by atoms with E-state index in [9.17, 15) is 4.79 Å². The first-order valence-electron chi connectivity index (χ1n) is 6.81. The molecule has 1 aliphatic carbocycles. The maximum absolute atomic E-state index is 12.2. The molecular weight excluding hydrogens is 200 g/mol. The highest BCUT2D eigenvalue weighted by Crippen LogP contribution is 2.28. The SMILES string of the molecule is CCCN(C(=O)CC1CCCC1)C1CNC1. The molecule has 1 aliphatic heterocycles. The quantitative estimate of drug-likeness (QED) is 0.772. The summed E-state index contributed by atoms with van der Waals surface area (Å²) in [4.78, 5) is 14.3. The summed E-state index contributed by atoms with van der Waals surface area (Å²) < 4.78 is 0. The number of hydrogen-bond acceptors (Lipinski definition) is 2. The van der Waals surface area contributed by atoms with Gasteiger partial charge in [0.1, 0.15) is 0 Å². The number of nitrogens with zero attached hydrogens (tertiary/aromatic N) is 1. The van der Waals surface area contributed by atoms with Crippen LogP contribution in [0.5, 0.6) is 0 Å². The molecule has 1 heterocycles. The summed E-state index contributed by atoms with van der Waals surface area (Å²) in [5.74, 6) is 1.08. The summed E-state index contributed by atoms with van der Waals surface area (Å²) in [7, 11) is 0. The van der Waals surface area contributed by atoms with Crippen molar-refractivity contribution in [3.63, 3.8) is 0 Å². The van der Waals surface area contributed by atoms with Crippen LogP contribution in [-0.4, -0.2) is 36.5 Å². The summed E-state index contributed by atoms with van der Waals surface area (Å²) in [5.41, 5.74) is 0. The Balaban J connectivity index is 1.82. The standard InChI is InChI=1S/C13H24N2O/c1-2-7-15(12-9-14-10-12)13(16)8-11-5-3-4-6-11/h11-12,14H,2-10H2,1H3. The highest BCUT2D eigenvalue weighted by atomic mass is 16.2. The van der Waals surface area contributed by atoms with Crippen LogP contribution in [0, 0.1) is 5.92 Å². The summed E-state index contributed by atoms with van der Waals surface area (Å²) in [6.45, 7) is 5.09. The van der Waals surface area contributed by atoms with Gasteiger partial charge in [0.25, 0.3) is 0 Å². The second-order valence-corrected chi connectivity index (χ2v) is 5.25. The second-order valence-electron chi connectivity index (χ2n) is 5.25. The minimum Gasteiger partial charge on any atom is -0.337 e. The van der Waals surface area contributed by atoms with E-state index in [0.29, 0.717) is 17.9 Å². The summed E-state index contributed by atoms with van der Waals surface area (Å²) >= 11 is 0. The van der Waals surface area contributed by atoms with E-state index >= 15 is 0 Å². The molecule has 0 aromatic heterocycles. The highest BCUT2D eigenvalue weighted by Gasteiger charge is 2.29. The zero-order chi connectivity index (χ0) is 11.4. The maximum Gasteiger partial charge on any atom is 0.223 e. The Kier molecular flexibility index (Phi) is 4.22. The van der Waals surface area contributed by atoms with Crippen LogP contribution in [0.3, 0.4) is 0 Å². The number of carbonyl (C=O) groups is 1. The van der Waals surface area contributed by atoms with Gasteiger partial charge in [0.2, 0.25) is 5.91 Å². The first kappa shape index (κ1) is 11.9. The van der Waals surface area contributed by atoms with Crippen molar-refractivity contribution in [1.82, 2.24) is 10.2 Å². The van der Waals surface area contributed by atoms with E-state index in [2.05, 4.69) is 17.1 Å². The van der Waals surface area contributed by atoms with Crippen LogP contribution in [0.1, 0.15) is 45.4 Å². The van der Waals surface area contributed by atoms with Crippen LogP contribution < -0.4 is 5.32 Å². The predicted molar refractivity (Wildman–Crippen MR) is 65.2 cm³/mol. The normalized spacial score (nSPS) is 22.1. The third kappa shape index (κ3) is 2.76. The molecule has 1 N–H and O–H groups in total. The molecule has 0 bridgehead atoms. The second kappa shape index (κ2) is 5.67. The largest absolute Gasteiger partial charge is 0.337 e. The van der Waals surface area contributed by atoms with Crippen LogP contribution >= 0.6 is 0 Å². The first-order valence-corrected chi connectivity index (χ1v) is 6.81. The van der Waals surface area contributed by atoms with Crippen molar-refractivity contribution in [2.75, 3.05) is 19.6 Å². The number of nitrogens with one attached hydrogen (secondary N) is 1. The monoisotopic (exact) mass is 224 g/mol. The van der Waals surface area contributed by atoms with E-state index in [1.807, 2.05) is 0 Å². The molecule has 0 radical (unpaired) electrons. The molecule has 0 atom stereocenters. The molecule has 92 valence electrons. The Hall–Kier alpha value is -0.570. The molecular formula is C13H24N2O. The zero-order valence-corrected chi connectivity index (χ0v) is 10.4. The van der Waals surface area contributed by atoms with Crippen molar-refractivity contribution in [3.8, 4) is 0 Å². The lowest BCUT2D eigenvalue weighted by Crippen LogP contribution is -2.59. The van der Waals surface area contributed by atoms with E-state index < -0.39 is 0 Å². The molecule has 2 rings (SSSR count). The first-order chi connectivity index (χ1) is 7.81. The third-order valence-electron chi connectivity index (χ3n) is 3.92. The molecule has 0 unspecified atom stereocenters. The Morgan fingerprint density at radius 2 is 2.00 bits per heavy atom. The molecule has 3 nitrogen and oxygen atoms in total. The van der Waals surface area contributed by atoms with Gasteiger partial charge in [-0.2, -0.15) is 0 Å². The van der Waals surface area contributed by atoms with Crippen LogP contribution in [0.15, 0.2) is 0 Å². The van der Waals surface area contributed by atoms with Gasteiger partial charge in [0.15, 0.2) is 0 Å². The molecule has 1 saturated heterocycles. The van der Waals surface area contributed by atoms with E-state index in [1.54, 1.807) is 0 Å². The number of amides is 1. The lowest BCUT2D eigenvalue weighted by molar-refractivity contribution is -0.135. The lowest BCUT2D eigenvalue weighted by atomic mass is 10.0. The van der Waals surface area contributed by atoms with Crippen LogP contribution in [0.25, 0.3) is 0 Å². The molecule has 2 aliphatic rings. The summed E-state index contributed by atoms with van der Waals surface area (Å²) in [6.07, 6.45) is 7.08. The highest BCUT2D eigenvalue weighted by molar-refractivity contribution is 5.77. The molecule has 1 saturated carbocycles. The minimum atomic E-state index is 0.403. The van der Waals surface area contributed by atoms with E-state index in [4.69, 9.17) is 0 Å². The van der Waals surface area contributed by atoms with Gasteiger partial charge in [-0.3, -0.25) is 4.79 Å². The van der Waals surface area contributed by atoms with Crippen molar-refractivity contribution >= 4 is 5.91 Å². The topological polar surface area (TPSA) is 32.3 Å². The Bertz CT molecular complexity index is 232. The van der Waals surface area contributed by atoms with Gasteiger partial charge in [0, 0.05) is 26.1 Å². The lowest BCUT2D eigenvalue weighted by Gasteiger charge is -2.38. The fourth-order valence-electron chi connectivity index (χ4n) is 2.82. The van der Waals surface area contributed by atoms with Crippen molar-refractivity contribution in [3.05, 3.63) is 0 Å². The van der Waals surface area contributed by atoms with E-state index in [1.165, 1.54) is 25.7 Å². The molecule has 0 spiro atoms. The number of carbonyl (C=O) groups excluding carboxylic acids is 1. The smallest absolute Gasteiger partial charge is 0.223 e. The Morgan fingerprint density at radius 1 is 1.31 bits per heavy atom. The third-order valence-corrected chi connectivity index (χ3v) is 3.92. The Labute approximate surface area is 98.6 Å². The maximum atomic E-state index is 12.2. The van der Waals surface area contributed by atoms with Gasteiger partial charge >= 0.3 is 0 Å². The van der Waals surface area contributed by atoms with Gasteiger partial charge < -0.3 is 10.2 Å². The van der Waals surface area contributed by atoms with Crippen molar-refractivity contribution in [1.29, 1.82) is 0 Å². The fraction of sp³-hybridized carbons (Fsp3) is 0.923. The van der Waals surface area contributed by atoms with Crippen molar-refractivity contribution < 1.29 is 4.79 Å². The van der Waals surface area contributed by atoms with Crippen molar-refractivity contribution in [2.45, 2.75) is 51.5 Å². The van der Waals surface area contributed by atoms with Crippen LogP contribution in [-0.2, 0) is 4.79 Å². The average Bonchev–Trinajstić information content (AvgIpc) is 2.67. The van der Waals surface area contributed by atoms with Crippen LogP contribution in [0.2, 0.25) is 0 Å². The fourth-order valence-corrected chi connectivity index (χ4v) is 2.82. The minimum absolute atomic E-state index is 0.403. The number of hydrogen-bond donors (Lipinski definition) is 1. The van der Waals surface area contributed by atoms with E-state index in [-0.39, 0.29) is 0 Å². The summed E-state index contributed by atoms with van der Waals surface area (Å²) in [5, 5.41) is 3.25. The van der Waals surface area contributed by atoms with Gasteiger partial charge in [0.05, 0.1) is 6.04 Å². The Morgan fingerprint density at radius 3 is 2.50 bits per heavy atom. The van der Waals surface area contributed by atoms with E-state index in [0.717, 1.165) is 32.5 Å². The molecule has 0 aromatic carbocycles. The zero-order valence-electron chi connectivity index (χ0n) is 10.4. The van der Waals surface area contributed by atoms with Crippen molar-refractivity contribution in [2.24, 2.45) is 5.92 Å².